The van der Waals surface area contributed by atoms with Crippen molar-refractivity contribution in [3.05, 3.63) is 78.6 Å². The van der Waals surface area contributed by atoms with Gasteiger partial charge in [0.15, 0.2) is 11.6 Å². The molecule has 0 aliphatic heterocycles. The van der Waals surface area contributed by atoms with E-state index in [0.29, 0.717) is 17.3 Å². The number of anilines is 3. The number of nitrogens with zero attached hydrogens (tertiary/aromatic N) is 4. The Bertz CT molecular complexity index is 1100. The van der Waals surface area contributed by atoms with Gasteiger partial charge < -0.3 is 10.7 Å². The summed E-state index contributed by atoms with van der Waals surface area (Å²) < 4.78 is 15.4. The van der Waals surface area contributed by atoms with Crippen LogP contribution in [0.3, 0.4) is 0 Å². The zero-order chi connectivity index (χ0) is 19.5. The molecule has 0 spiro atoms. The molecule has 28 heavy (non-hydrogen) atoms. The lowest BCUT2D eigenvalue weighted by Crippen LogP contribution is -2.14. The van der Waals surface area contributed by atoms with E-state index in [9.17, 15) is 4.39 Å². The van der Waals surface area contributed by atoms with Gasteiger partial charge in [-0.15, -0.1) is 0 Å². The van der Waals surface area contributed by atoms with Gasteiger partial charge in [0.1, 0.15) is 12.1 Å². The highest BCUT2D eigenvalue weighted by atomic mass is 19.1. The molecule has 0 saturated carbocycles. The first-order valence-corrected chi connectivity index (χ1v) is 8.61. The number of nitrogens with two attached hydrogens (primary N) is 1. The van der Waals surface area contributed by atoms with Crippen molar-refractivity contribution >= 4 is 17.5 Å². The molecule has 0 amide bonds. The van der Waals surface area contributed by atoms with Gasteiger partial charge in [0.05, 0.1) is 5.56 Å². The first-order chi connectivity index (χ1) is 13.7. The van der Waals surface area contributed by atoms with Crippen LogP contribution in [0, 0.1) is 12.7 Å². The van der Waals surface area contributed by atoms with Gasteiger partial charge in [-0.2, -0.15) is 9.97 Å². The number of halogens is 1. The molecule has 0 bridgehead atoms. The van der Waals surface area contributed by atoms with Gasteiger partial charge in [0, 0.05) is 18.1 Å². The number of hydrazine groups is 1. The van der Waals surface area contributed by atoms with Crippen LogP contribution in [0.4, 0.5) is 21.8 Å². The van der Waals surface area contributed by atoms with E-state index in [2.05, 4.69) is 25.7 Å². The molecule has 140 valence electrons. The van der Waals surface area contributed by atoms with Gasteiger partial charge in [-0.05, 0) is 30.2 Å². The highest BCUT2D eigenvalue weighted by Gasteiger charge is 2.18. The predicted molar refractivity (Wildman–Crippen MR) is 107 cm³/mol. The maximum Gasteiger partial charge on any atom is 0.231 e. The summed E-state index contributed by atoms with van der Waals surface area (Å²) in [6, 6.07) is 14.2. The second-order valence-corrected chi connectivity index (χ2v) is 6.16. The van der Waals surface area contributed by atoms with Crippen LogP contribution in [0.1, 0.15) is 5.56 Å². The Kier molecular flexibility index (Phi) is 4.69. The van der Waals surface area contributed by atoms with E-state index in [1.165, 1.54) is 12.1 Å². The molecule has 0 unspecified atom stereocenters. The van der Waals surface area contributed by atoms with Gasteiger partial charge in [0.25, 0.3) is 0 Å². The normalized spacial score (nSPS) is 10.7. The third kappa shape index (κ3) is 3.40. The molecule has 4 aromatic rings. The average Bonchev–Trinajstić information content (AvgIpc) is 3.25. The summed E-state index contributed by atoms with van der Waals surface area (Å²) in [5.74, 6) is 6.73. The van der Waals surface area contributed by atoms with Crippen LogP contribution in [0.15, 0.2) is 67.3 Å². The molecule has 0 saturated heterocycles. The third-order valence-corrected chi connectivity index (χ3v) is 4.28. The van der Waals surface area contributed by atoms with Crippen molar-refractivity contribution < 1.29 is 4.39 Å². The van der Waals surface area contributed by atoms with Crippen molar-refractivity contribution in [1.82, 2.24) is 19.5 Å². The topological polar surface area (TPSA) is 93.7 Å². The number of hydrogen-bond donors (Lipinski definition) is 3. The number of nitrogen functional groups attached to an aromatic ring is 1. The lowest BCUT2D eigenvalue weighted by atomic mass is 10.1. The molecule has 4 rings (SSSR count). The highest BCUT2D eigenvalue weighted by molar-refractivity contribution is 5.82. The Morgan fingerprint density at radius 1 is 1.07 bits per heavy atom. The van der Waals surface area contributed by atoms with Gasteiger partial charge in [0.2, 0.25) is 5.95 Å². The molecule has 2 aromatic carbocycles. The van der Waals surface area contributed by atoms with Crippen molar-refractivity contribution in [3.63, 3.8) is 0 Å². The molecule has 2 heterocycles. The quantitative estimate of drug-likeness (QED) is 0.363. The lowest BCUT2D eigenvalue weighted by molar-refractivity contribution is 0.628. The van der Waals surface area contributed by atoms with E-state index in [4.69, 9.17) is 5.84 Å². The summed E-state index contributed by atoms with van der Waals surface area (Å²) in [6.45, 7) is 1.87. The van der Waals surface area contributed by atoms with Crippen LogP contribution in [-0.2, 0) is 0 Å². The van der Waals surface area contributed by atoms with E-state index in [-0.39, 0.29) is 11.8 Å². The maximum absolute atomic E-state index is 13.7. The SMILES string of the molecule is Cc1ccc(F)cc1Nc1nc(NN)c(-c2ccccc2)c(-n2ccnc2)n1. The van der Waals surface area contributed by atoms with Crippen molar-refractivity contribution in [3.8, 4) is 16.9 Å². The molecule has 0 radical (unpaired) electrons. The third-order valence-electron chi connectivity index (χ3n) is 4.28. The minimum absolute atomic E-state index is 0.282. The van der Waals surface area contributed by atoms with Crippen LogP contribution >= 0.6 is 0 Å². The second kappa shape index (κ2) is 7.45. The number of hydrogen-bond acceptors (Lipinski definition) is 6. The molecule has 0 atom stereocenters. The van der Waals surface area contributed by atoms with Crippen molar-refractivity contribution in [2.75, 3.05) is 10.7 Å². The Morgan fingerprint density at radius 3 is 2.61 bits per heavy atom. The van der Waals surface area contributed by atoms with Crippen molar-refractivity contribution in [2.45, 2.75) is 6.92 Å². The van der Waals surface area contributed by atoms with Gasteiger partial charge in [-0.25, -0.2) is 15.2 Å². The van der Waals surface area contributed by atoms with E-state index < -0.39 is 0 Å². The van der Waals surface area contributed by atoms with Crippen LogP contribution in [-0.4, -0.2) is 19.5 Å². The molecule has 2 aromatic heterocycles. The van der Waals surface area contributed by atoms with Gasteiger partial charge in [-0.3, -0.25) is 4.57 Å². The zero-order valence-electron chi connectivity index (χ0n) is 15.1. The maximum atomic E-state index is 13.7. The van der Waals surface area contributed by atoms with Crippen LogP contribution in [0.2, 0.25) is 0 Å². The second-order valence-electron chi connectivity index (χ2n) is 6.16. The summed E-state index contributed by atoms with van der Waals surface area (Å²) in [5, 5.41) is 3.08. The van der Waals surface area contributed by atoms with Gasteiger partial charge >= 0.3 is 0 Å². The number of aryl methyl sites for hydroxylation is 1. The zero-order valence-corrected chi connectivity index (χ0v) is 15.1. The number of imidazole rings is 1. The summed E-state index contributed by atoms with van der Waals surface area (Å²) in [7, 11) is 0. The molecular weight excluding hydrogens is 357 g/mol. The Balaban J connectivity index is 1.88. The van der Waals surface area contributed by atoms with Crippen molar-refractivity contribution in [1.29, 1.82) is 0 Å². The summed E-state index contributed by atoms with van der Waals surface area (Å²) in [4.78, 5) is 13.2. The number of rotatable bonds is 5. The first-order valence-electron chi connectivity index (χ1n) is 8.61. The van der Waals surface area contributed by atoms with E-state index >= 15 is 0 Å². The molecule has 4 N–H and O–H groups in total. The standard InChI is InChI=1S/C20H18FN7/c1-13-7-8-15(21)11-16(13)24-20-25-18(27-22)17(14-5-3-2-4-6-14)19(26-20)28-10-9-23-12-28/h2-12H,22H2,1H3,(H2,24,25,26,27). The number of aromatic nitrogens is 4. The molecule has 8 heteroatoms. The number of nitrogens with one attached hydrogen (secondary N) is 2. The minimum atomic E-state index is -0.346. The molecule has 0 aliphatic rings. The molecule has 0 aliphatic carbocycles. The summed E-state index contributed by atoms with van der Waals surface area (Å²) in [5.41, 5.74) is 5.71. The minimum Gasteiger partial charge on any atom is -0.324 e. The Morgan fingerprint density at radius 2 is 1.89 bits per heavy atom. The molecule has 0 fully saturated rings. The predicted octanol–water partition coefficient (Wildman–Crippen LogP) is 3.81. The van der Waals surface area contributed by atoms with E-state index in [1.54, 1.807) is 29.4 Å². The summed E-state index contributed by atoms with van der Waals surface area (Å²) in [6.07, 6.45) is 5.09. The fourth-order valence-electron chi connectivity index (χ4n) is 2.90. The van der Waals surface area contributed by atoms with E-state index in [1.807, 2.05) is 37.3 Å². The molecule has 7 nitrogen and oxygen atoms in total. The van der Waals surface area contributed by atoms with E-state index in [0.717, 1.165) is 16.7 Å². The van der Waals surface area contributed by atoms with Gasteiger partial charge in [-0.1, -0.05) is 36.4 Å². The smallest absolute Gasteiger partial charge is 0.231 e. The Labute approximate surface area is 161 Å². The fraction of sp³-hybridized carbons (Fsp3) is 0.0500. The largest absolute Gasteiger partial charge is 0.324 e. The van der Waals surface area contributed by atoms with Crippen LogP contribution < -0.4 is 16.6 Å². The average molecular weight is 375 g/mol. The van der Waals surface area contributed by atoms with Crippen LogP contribution in [0.5, 0.6) is 0 Å². The summed E-state index contributed by atoms with van der Waals surface area (Å²) >= 11 is 0. The van der Waals surface area contributed by atoms with Crippen molar-refractivity contribution in [2.24, 2.45) is 5.84 Å². The fourth-order valence-corrected chi connectivity index (χ4v) is 2.90. The monoisotopic (exact) mass is 375 g/mol. The highest BCUT2D eigenvalue weighted by Crippen LogP contribution is 2.33. The van der Waals surface area contributed by atoms with Crippen LogP contribution in [0.25, 0.3) is 16.9 Å². The Hall–Kier alpha value is -3.78. The first kappa shape index (κ1) is 17.6. The molecular formula is C20H18FN7. The number of benzene rings is 2. The lowest BCUT2D eigenvalue weighted by Gasteiger charge is -2.16.